The summed E-state index contributed by atoms with van der Waals surface area (Å²) in [4.78, 5) is 22.6. The Morgan fingerprint density at radius 3 is 2.75 bits per heavy atom. The molecule has 2 aliphatic heterocycles. The number of carbonyl (C=O) groups is 1. The van der Waals surface area contributed by atoms with Gasteiger partial charge in [0, 0.05) is 56.0 Å². The third kappa shape index (κ3) is 4.07. The molecule has 134 valence electrons. The van der Waals surface area contributed by atoms with Crippen LogP contribution in [0.1, 0.15) is 44.4 Å². The first-order chi connectivity index (χ1) is 11.5. The Bertz CT molecular complexity index is 557. The fourth-order valence-electron chi connectivity index (χ4n) is 3.44. The maximum Gasteiger partial charge on any atom is 0.323 e. The van der Waals surface area contributed by atoms with Crippen molar-refractivity contribution < 1.29 is 9.53 Å². The number of urea groups is 1. The minimum Gasteiger partial charge on any atom is -0.381 e. The maximum atomic E-state index is 12.6. The molecule has 2 amide bonds. The van der Waals surface area contributed by atoms with Crippen LogP contribution in [0.5, 0.6) is 0 Å². The zero-order chi connectivity index (χ0) is 17.1. The Hall–Kier alpha value is -1.18. The van der Waals surface area contributed by atoms with Gasteiger partial charge in [0.1, 0.15) is 0 Å². The van der Waals surface area contributed by atoms with Gasteiger partial charge in [-0.25, -0.2) is 9.78 Å². The summed E-state index contributed by atoms with van der Waals surface area (Å²) in [6, 6.07) is 0.795. The largest absolute Gasteiger partial charge is 0.381 e. The number of amides is 2. The lowest BCUT2D eigenvalue weighted by Gasteiger charge is -2.44. The molecule has 6 nitrogen and oxygen atoms in total. The van der Waals surface area contributed by atoms with Crippen molar-refractivity contribution in [2.24, 2.45) is 0 Å². The highest BCUT2D eigenvalue weighted by Crippen LogP contribution is 2.26. The smallest absolute Gasteiger partial charge is 0.323 e. The van der Waals surface area contributed by atoms with Gasteiger partial charge in [0.15, 0.2) is 5.13 Å². The minimum atomic E-state index is -0.0289. The molecule has 0 unspecified atom stereocenters. The number of ether oxygens (including phenoxy) is 1. The Morgan fingerprint density at radius 2 is 2.12 bits per heavy atom. The molecule has 1 aromatic heterocycles. The lowest BCUT2D eigenvalue weighted by atomic mass is 10.0. The van der Waals surface area contributed by atoms with Crippen molar-refractivity contribution in [3.8, 4) is 0 Å². The number of thiazole rings is 1. The van der Waals surface area contributed by atoms with Crippen LogP contribution in [0.4, 0.5) is 9.93 Å². The SMILES string of the molecule is CC(C)c1cnc(NC(=O)N2CCN(C3CCOCC3)C[C@H]2C)s1. The number of hydrogen-bond acceptors (Lipinski definition) is 5. The van der Waals surface area contributed by atoms with Crippen molar-refractivity contribution in [2.75, 3.05) is 38.2 Å². The Balaban J connectivity index is 1.54. The van der Waals surface area contributed by atoms with Crippen LogP contribution in [0.25, 0.3) is 0 Å². The van der Waals surface area contributed by atoms with E-state index in [9.17, 15) is 4.79 Å². The number of piperazine rings is 1. The van der Waals surface area contributed by atoms with Gasteiger partial charge >= 0.3 is 6.03 Å². The first-order valence-electron chi connectivity index (χ1n) is 8.89. The second-order valence-corrected chi connectivity index (χ2v) is 8.10. The van der Waals surface area contributed by atoms with Gasteiger partial charge in [-0.05, 0) is 25.7 Å². The molecular weight excluding hydrogens is 324 g/mol. The van der Waals surface area contributed by atoms with Gasteiger partial charge in [-0.15, -0.1) is 11.3 Å². The fourth-order valence-corrected chi connectivity index (χ4v) is 4.25. The fraction of sp³-hybridized carbons (Fsp3) is 0.765. The third-order valence-corrected chi connectivity index (χ3v) is 6.15. The van der Waals surface area contributed by atoms with Crippen LogP contribution in [-0.4, -0.2) is 65.7 Å². The second kappa shape index (κ2) is 7.80. The second-order valence-electron chi connectivity index (χ2n) is 7.03. The molecule has 24 heavy (non-hydrogen) atoms. The van der Waals surface area contributed by atoms with Crippen LogP contribution < -0.4 is 5.32 Å². The average molecular weight is 353 g/mol. The highest BCUT2D eigenvalue weighted by atomic mass is 32.1. The molecule has 1 atom stereocenters. The first kappa shape index (κ1) is 17.6. The summed E-state index contributed by atoms with van der Waals surface area (Å²) in [5.74, 6) is 0.440. The standard InChI is InChI=1S/C17H28N4O2S/c1-12(2)15-10-18-16(24-15)19-17(22)21-7-6-20(11-13(21)3)14-4-8-23-9-5-14/h10,12-14H,4-9,11H2,1-3H3,(H,18,19,22)/t13-/m1/s1. The van der Waals surface area contributed by atoms with E-state index in [1.165, 1.54) is 4.88 Å². The molecule has 2 aliphatic rings. The molecule has 0 bridgehead atoms. The van der Waals surface area contributed by atoms with Crippen LogP contribution in [0.2, 0.25) is 0 Å². The lowest BCUT2D eigenvalue weighted by Crippen LogP contribution is -2.58. The summed E-state index contributed by atoms with van der Waals surface area (Å²) in [6.07, 6.45) is 4.07. The predicted molar refractivity (Wildman–Crippen MR) is 96.8 cm³/mol. The van der Waals surface area contributed by atoms with Crippen LogP contribution in [0.15, 0.2) is 6.20 Å². The summed E-state index contributed by atoms with van der Waals surface area (Å²) >= 11 is 1.56. The van der Waals surface area contributed by atoms with Gasteiger partial charge in [-0.3, -0.25) is 10.2 Å². The summed E-state index contributed by atoms with van der Waals surface area (Å²) in [6.45, 7) is 10.8. The van der Waals surface area contributed by atoms with E-state index in [0.29, 0.717) is 17.1 Å². The van der Waals surface area contributed by atoms with Crippen LogP contribution in [0.3, 0.4) is 0 Å². The van der Waals surface area contributed by atoms with E-state index in [1.807, 2.05) is 11.1 Å². The Kier molecular flexibility index (Phi) is 5.73. The minimum absolute atomic E-state index is 0.0289. The summed E-state index contributed by atoms with van der Waals surface area (Å²) in [5.41, 5.74) is 0. The van der Waals surface area contributed by atoms with Crippen LogP contribution >= 0.6 is 11.3 Å². The number of carbonyl (C=O) groups excluding carboxylic acids is 1. The molecule has 3 heterocycles. The Labute approximate surface area is 148 Å². The lowest BCUT2D eigenvalue weighted by molar-refractivity contribution is 0.00816. The molecule has 2 fully saturated rings. The van der Waals surface area contributed by atoms with Gasteiger partial charge in [-0.2, -0.15) is 0 Å². The maximum absolute atomic E-state index is 12.6. The summed E-state index contributed by atoms with van der Waals surface area (Å²) in [5, 5.41) is 3.66. The van der Waals surface area contributed by atoms with Crippen LogP contribution in [-0.2, 0) is 4.74 Å². The molecule has 0 aliphatic carbocycles. The first-order valence-corrected chi connectivity index (χ1v) is 9.71. The zero-order valence-corrected chi connectivity index (χ0v) is 15.6. The molecule has 7 heteroatoms. The van der Waals surface area contributed by atoms with Gasteiger partial charge in [0.2, 0.25) is 0 Å². The molecule has 0 radical (unpaired) electrons. The summed E-state index contributed by atoms with van der Waals surface area (Å²) < 4.78 is 5.45. The highest BCUT2D eigenvalue weighted by Gasteiger charge is 2.31. The normalized spacial score (nSPS) is 23.7. The molecule has 1 N–H and O–H groups in total. The molecule has 0 aromatic carbocycles. The number of hydrogen-bond donors (Lipinski definition) is 1. The topological polar surface area (TPSA) is 57.7 Å². The quantitative estimate of drug-likeness (QED) is 0.909. The van der Waals surface area contributed by atoms with Crippen molar-refractivity contribution in [3.05, 3.63) is 11.1 Å². The van der Waals surface area contributed by atoms with E-state index in [0.717, 1.165) is 45.7 Å². The zero-order valence-electron chi connectivity index (χ0n) is 14.8. The predicted octanol–water partition coefficient (Wildman–Crippen LogP) is 2.98. The molecular formula is C17H28N4O2S. The molecule has 1 aromatic rings. The Morgan fingerprint density at radius 1 is 1.38 bits per heavy atom. The van der Waals surface area contributed by atoms with Gasteiger partial charge in [0.05, 0.1) is 0 Å². The average Bonchev–Trinajstić information content (AvgIpc) is 3.04. The van der Waals surface area contributed by atoms with Crippen molar-refractivity contribution >= 4 is 22.5 Å². The van der Waals surface area contributed by atoms with E-state index in [1.54, 1.807) is 11.3 Å². The van der Waals surface area contributed by atoms with E-state index in [2.05, 4.69) is 36.0 Å². The monoisotopic (exact) mass is 352 g/mol. The van der Waals surface area contributed by atoms with Gasteiger partial charge in [-0.1, -0.05) is 13.8 Å². The van der Waals surface area contributed by atoms with E-state index >= 15 is 0 Å². The number of nitrogens with one attached hydrogen (secondary N) is 1. The highest BCUT2D eigenvalue weighted by molar-refractivity contribution is 7.15. The number of aromatic nitrogens is 1. The van der Waals surface area contributed by atoms with Crippen molar-refractivity contribution in [2.45, 2.75) is 51.6 Å². The van der Waals surface area contributed by atoms with E-state index in [4.69, 9.17) is 4.74 Å². The van der Waals surface area contributed by atoms with Crippen molar-refractivity contribution in [3.63, 3.8) is 0 Å². The molecule has 2 saturated heterocycles. The molecule has 0 spiro atoms. The summed E-state index contributed by atoms with van der Waals surface area (Å²) in [7, 11) is 0. The number of anilines is 1. The van der Waals surface area contributed by atoms with Crippen LogP contribution in [0, 0.1) is 0 Å². The molecule has 0 saturated carbocycles. The third-order valence-electron chi connectivity index (χ3n) is 4.93. The number of rotatable bonds is 3. The van der Waals surface area contributed by atoms with E-state index in [-0.39, 0.29) is 12.1 Å². The number of nitrogens with zero attached hydrogens (tertiary/aromatic N) is 3. The van der Waals surface area contributed by atoms with E-state index < -0.39 is 0 Å². The molecule has 3 rings (SSSR count). The van der Waals surface area contributed by atoms with Crippen molar-refractivity contribution in [1.29, 1.82) is 0 Å². The van der Waals surface area contributed by atoms with Crippen molar-refractivity contribution in [1.82, 2.24) is 14.8 Å². The van der Waals surface area contributed by atoms with Gasteiger partial charge < -0.3 is 9.64 Å². The van der Waals surface area contributed by atoms with Gasteiger partial charge in [0.25, 0.3) is 0 Å².